The summed E-state index contributed by atoms with van der Waals surface area (Å²) in [6.07, 6.45) is 0. The van der Waals surface area contributed by atoms with E-state index in [0.717, 1.165) is 0 Å². The molecule has 1 N–H and O–H groups in total. The van der Waals surface area contributed by atoms with Crippen molar-refractivity contribution in [2.45, 2.75) is 0 Å². The first-order chi connectivity index (χ1) is 12.1. The summed E-state index contributed by atoms with van der Waals surface area (Å²) in [6, 6.07) is 11.6. The first-order valence-electron chi connectivity index (χ1n) is 7.40. The van der Waals surface area contributed by atoms with Gasteiger partial charge in [-0.2, -0.15) is 0 Å². The van der Waals surface area contributed by atoms with Gasteiger partial charge < -0.3 is 24.3 Å². The second-order valence-corrected chi connectivity index (χ2v) is 4.92. The molecule has 0 aliphatic carbocycles. The Kier molecular flexibility index (Phi) is 6.22. The third-order valence-corrected chi connectivity index (χ3v) is 3.32. The van der Waals surface area contributed by atoms with Gasteiger partial charge in [0, 0.05) is 17.3 Å². The zero-order chi connectivity index (χ0) is 18.2. The molecule has 0 aliphatic rings. The molecule has 0 atom stereocenters. The minimum atomic E-state index is -0.486. The molecule has 2 rings (SSSR count). The lowest BCUT2D eigenvalue weighted by Gasteiger charge is -2.11. The standard InChI is InChI=1S/C18H19NO6/c1-22-15-8-7-12(9-16(15)23-2)18(21)19-13-5-4-6-14(10-13)25-11-17(20)24-3/h4-10H,11H2,1-3H3,(H,19,21). The zero-order valence-electron chi connectivity index (χ0n) is 14.2. The molecule has 132 valence electrons. The van der Waals surface area contributed by atoms with Gasteiger partial charge in [-0.15, -0.1) is 0 Å². The van der Waals surface area contributed by atoms with Gasteiger partial charge in [-0.3, -0.25) is 4.79 Å². The average molecular weight is 345 g/mol. The van der Waals surface area contributed by atoms with E-state index in [-0.39, 0.29) is 12.5 Å². The summed E-state index contributed by atoms with van der Waals surface area (Å²) in [5, 5.41) is 2.76. The van der Waals surface area contributed by atoms with Crippen LogP contribution in [0.2, 0.25) is 0 Å². The number of ether oxygens (including phenoxy) is 4. The molecule has 0 radical (unpaired) electrons. The van der Waals surface area contributed by atoms with Crippen LogP contribution < -0.4 is 19.5 Å². The van der Waals surface area contributed by atoms with Gasteiger partial charge in [0.2, 0.25) is 0 Å². The van der Waals surface area contributed by atoms with Crippen molar-refractivity contribution in [2.75, 3.05) is 33.3 Å². The number of anilines is 1. The van der Waals surface area contributed by atoms with E-state index in [1.54, 1.807) is 42.5 Å². The lowest BCUT2D eigenvalue weighted by Crippen LogP contribution is -2.14. The largest absolute Gasteiger partial charge is 0.493 e. The van der Waals surface area contributed by atoms with Crippen molar-refractivity contribution in [3.05, 3.63) is 48.0 Å². The van der Waals surface area contributed by atoms with Crippen molar-refractivity contribution in [1.82, 2.24) is 0 Å². The molecular formula is C18H19NO6. The summed E-state index contributed by atoms with van der Waals surface area (Å²) in [5.74, 6) is 0.643. The Bertz CT molecular complexity index is 759. The molecule has 2 aromatic carbocycles. The van der Waals surface area contributed by atoms with Crippen LogP contribution in [-0.2, 0) is 9.53 Å². The second-order valence-electron chi connectivity index (χ2n) is 4.92. The Morgan fingerprint density at radius 2 is 1.72 bits per heavy atom. The van der Waals surface area contributed by atoms with Gasteiger partial charge >= 0.3 is 5.97 Å². The van der Waals surface area contributed by atoms with Crippen LogP contribution in [0.15, 0.2) is 42.5 Å². The third-order valence-electron chi connectivity index (χ3n) is 3.32. The van der Waals surface area contributed by atoms with E-state index in [0.29, 0.717) is 28.5 Å². The minimum Gasteiger partial charge on any atom is -0.493 e. The van der Waals surface area contributed by atoms with Crippen molar-refractivity contribution in [1.29, 1.82) is 0 Å². The monoisotopic (exact) mass is 345 g/mol. The molecule has 0 bridgehead atoms. The Hall–Kier alpha value is -3.22. The number of amides is 1. The molecule has 0 spiro atoms. The smallest absolute Gasteiger partial charge is 0.343 e. The zero-order valence-corrected chi connectivity index (χ0v) is 14.2. The Morgan fingerprint density at radius 1 is 0.960 bits per heavy atom. The number of nitrogens with one attached hydrogen (secondary N) is 1. The molecule has 1 amide bonds. The number of carbonyl (C=O) groups excluding carboxylic acids is 2. The van der Waals surface area contributed by atoms with Gasteiger partial charge in [-0.1, -0.05) is 6.07 Å². The number of hydrogen-bond donors (Lipinski definition) is 1. The number of carbonyl (C=O) groups is 2. The molecule has 0 fully saturated rings. The van der Waals surface area contributed by atoms with Gasteiger partial charge in [0.25, 0.3) is 5.91 Å². The van der Waals surface area contributed by atoms with Crippen LogP contribution in [0.5, 0.6) is 17.2 Å². The quantitative estimate of drug-likeness (QED) is 0.777. The Labute approximate surface area is 145 Å². The van der Waals surface area contributed by atoms with Crippen LogP contribution in [-0.4, -0.2) is 39.8 Å². The molecule has 25 heavy (non-hydrogen) atoms. The summed E-state index contributed by atoms with van der Waals surface area (Å²) in [7, 11) is 4.31. The van der Waals surface area contributed by atoms with Crippen LogP contribution in [0.3, 0.4) is 0 Å². The van der Waals surface area contributed by atoms with E-state index in [1.807, 2.05) is 0 Å². The van der Waals surface area contributed by atoms with E-state index in [1.165, 1.54) is 21.3 Å². The van der Waals surface area contributed by atoms with E-state index >= 15 is 0 Å². The number of benzene rings is 2. The summed E-state index contributed by atoms with van der Waals surface area (Å²) in [4.78, 5) is 23.5. The number of rotatable bonds is 7. The maximum atomic E-state index is 12.4. The normalized spacial score (nSPS) is 9.88. The van der Waals surface area contributed by atoms with E-state index in [9.17, 15) is 9.59 Å². The summed E-state index contributed by atoms with van der Waals surface area (Å²) >= 11 is 0. The van der Waals surface area contributed by atoms with Crippen LogP contribution in [0.25, 0.3) is 0 Å². The highest BCUT2D eigenvalue weighted by Gasteiger charge is 2.11. The van der Waals surface area contributed by atoms with Crippen molar-refractivity contribution in [3.8, 4) is 17.2 Å². The highest BCUT2D eigenvalue weighted by atomic mass is 16.6. The van der Waals surface area contributed by atoms with Crippen molar-refractivity contribution in [3.63, 3.8) is 0 Å². The predicted octanol–water partition coefficient (Wildman–Crippen LogP) is 2.51. The Morgan fingerprint density at radius 3 is 2.40 bits per heavy atom. The molecule has 0 unspecified atom stereocenters. The lowest BCUT2D eigenvalue weighted by molar-refractivity contribution is -0.142. The van der Waals surface area contributed by atoms with Crippen LogP contribution in [0.1, 0.15) is 10.4 Å². The molecule has 0 aliphatic heterocycles. The molecule has 0 heterocycles. The predicted molar refractivity (Wildman–Crippen MR) is 91.5 cm³/mol. The van der Waals surface area contributed by atoms with Crippen molar-refractivity contribution in [2.24, 2.45) is 0 Å². The minimum absolute atomic E-state index is 0.205. The number of methoxy groups -OCH3 is 3. The molecular weight excluding hydrogens is 326 g/mol. The molecule has 0 saturated carbocycles. The van der Waals surface area contributed by atoms with Crippen LogP contribution >= 0.6 is 0 Å². The molecule has 0 saturated heterocycles. The van der Waals surface area contributed by atoms with Gasteiger partial charge in [0.15, 0.2) is 18.1 Å². The highest BCUT2D eigenvalue weighted by molar-refractivity contribution is 6.04. The van der Waals surface area contributed by atoms with Crippen LogP contribution in [0.4, 0.5) is 5.69 Å². The maximum Gasteiger partial charge on any atom is 0.343 e. The van der Waals surface area contributed by atoms with E-state index in [4.69, 9.17) is 14.2 Å². The fourth-order valence-corrected chi connectivity index (χ4v) is 2.05. The maximum absolute atomic E-state index is 12.4. The summed E-state index contributed by atoms with van der Waals surface area (Å²) < 4.78 is 20.1. The van der Waals surface area contributed by atoms with Gasteiger partial charge in [-0.25, -0.2) is 4.79 Å². The SMILES string of the molecule is COC(=O)COc1cccc(NC(=O)c2ccc(OC)c(OC)c2)c1. The van der Waals surface area contributed by atoms with Crippen LogP contribution in [0, 0.1) is 0 Å². The number of hydrogen-bond acceptors (Lipinski definition) is 6. The molecule has 7 nitrogen and oxygen atoms in total. The fraction of sp³-hybridized carbons (Fsp3) is 0.222. The first kappa shape index (κ1) is 18.1. The van der Waals surface area contributed by atoms with Crippen molar-refractivity contribution >= 4 is 17.6 Å². The molecule has 2 aromatic rings. The average Bonchev–Trinajstić information content (AvgIpc) is 2.65. The highest BCUT2D eigenvalue weighted by Crippen LogP contribution is 2.28. The van der Waals surface area contributed by atoms with E-state index in [2.05, 4.69) is 10.1 Å². The Balaban J connectivity index is 2.09. The van der Waals surface area contributed by atoms with Crippen molar-refractivity contribution < 1.29 is 28.5 Å². The van der Waals surface area contributed by atoms with E-state index < -0.39 is 5.97 Å². The topological polar surface area (TPSA) is 83.1 Å². The third kappa shape index (κ3) is 4.87. The fourth-order valence-electron chi connectivity index (χ4n) is 2.05. The summed E-state index contributed by atoms with van der Waals surface area (Å²) in [5.41, 5.74) is 0.945. The first-order valence-corrected chi connectivity index (χ1v) is 7.40. The molecule has 0 aromatic heterocycles. The van der Waals surface area contributed by atoms with Gasteiger partial charge in [0.05, 0.1) is 21.3 Å². The second kappa shape index (κ2) is 8.58. The number of esters is 1. The summed E-state index contributed by atoms with van der Waals surface area (Å²) in [6.45, 7) is -0.205. The lowest BCUT2D eigenvalue weighted by atomic mass is 10.2. The van der Waals surface area contributed by atoms with Gasteiger partial charge in [-0.05, 0) is 30.3 Å². The van der Waals surface area contributed by atoms with Gasteiger partial charge in [0.1, 0.15) is 5.75 Å². The molecule has 7 heteroatoms.